The van der Waals surface area contributed by atoms with Gasteiger partial charge >= 0.3 is 0 Å². The predicted octanol–water partition coefficient (Wildman–Crippen LogP) is 5.20. The first-order valence-electron chi connectivity index (χ1n) is 6.13. The first-order chi connectivity index (χ1) is 9.38. The number of ketones is 1. The molecule has 0 bridgehead atoms. The molecule has 0 unspecified atom stereocenters. The highest BCUT2D eigenvalue weighted by Gasteiger charge is 2.14. The van der Waals surface area contributed by atoms with Crippen LogP contribution in [0, 0.1) is 19.7 Å². The van der Waals surface area contributed by atoms with Crippen LogP contribution in [0.3, 0.4) is 0 Å². The second-order valence-corrected chi connectivity index (χ2v) is 5.58. The molecule has 0 saturated carbocycles. The molecule has 0 aliphatic heterocycles. The van der Waals surface area contributed by atoms with E-state index < -0.39 is 5.82 Å². The van der Waals surface area contributed by atoms with Crippen molar-refractivity contribution in [2.75, 3.05) is 0 Å². The van der Waals surface area contributed by atoms with Crippen LogP contribution in [0.5, 0.6) is 11.5 Å². The normalized spacial score (nSPS) is 10.4. The Morgan fingerprint density at radius 2 is 1.80 bits per heavy atom. The Labute approximate surface area is 125 Å². The highest BCUT2D eigenvalue weighted by Crippen LogP contribution is 2.31. The third-order valence-corrected chi connectivity index (χ3v) is 3.49. The molecule has 0 saturated heterocycles. The number of hydrogen-bond acceptors (Lipinski definition) is 2. The molecule has 0 radical (unpaired) electrons. The summed E-state index contributed by atoms with van der Waals surface area (Å²) in [5.74, 6) is 0.382. The van der Waals surface area contributed by atoms with Gasteiger partial charge in [0, 0.05) is 4.47 Å². The van der Waals surface area contributed by atoms with E-state index in [1.807, 2.05) is 25.1 Å². The van der Waals surface area contributed by atoms with Gasteiger partial charge in [-0.05, 0) is 62.2 Å². The molecule has 0 aromatic heterocycles. The molecule has 4 heteroatoms. The molecule has 0 aliphatic rings. The van der Waals surface area contributed by atoms with Gasteiger partial charge in [0.05, 0.1) is 5.56 Å². The van der Waals surface area contributed by atoms with Crippen LogP contribution in [-0.4, -0.2) is 5.78 Å². The minimum Gasteiger partial charge on any atom is -0.456 e. The third kappa shape index (κ3) is 3.07. The van der Waals surface area contributed by atoms with Gasteiger partial charge in [0.1, 0.15) is 17.3 Å². The van der Waals surface area contributed by atoms with E-state index in [9.17, 15) is 9.18 Å². The Balaban J connectivity index is 2.47. The van der Waals surface area contributed by atoms with Crippen LogP contribution in [0.2, 0.25) is 0 Å². The SMILES string of the molecule is CC(=O)c1cc(F)c(C)cc1Oc1ccc(Br)cc1C. The van der Waals surface area contributed by atoms with Gasteiger partial charge in [0.2, 0.25) is 0 Å². The monoisotopic (exact) mass is 336 g/mol. The fraction of sp³-hybridized carbons (Fsp3) is 0.188. The van der Waals surface area contributed by atoms with E-state index in [1.54, 1.807) is 13.0 Å². The number of hydrogen-bond donors (Lipinski definition) is 0. The summed E-state index contributed by atoms with van der Waals surface area (Å²) < 4.78 is 20.3. The van der Waals surface area contributed by atoms with Crippen molar-refractivity contribution in [3.8, 4) is 11.5 Å². The molecule has 0 aliphatic carbocycles. The van der Waals surface area contributed by atoms with Gasteiger partial charge in [-0.25, -0.2) is 4.39 Å². The second-order valence-electron chi connectivity index (χ2n) is 4.67. The summed E-state index contributed by atoms with van der Waals surface area (Å²) in [4.78, 5) is 11.6. The molecular weight excluding hydrogens is 323 g/mol. The fourth-order valence-corrected chi connectivity index (χ4v) is 2.34. The van der Waals surface area contributed by atoms with E-state index in [0.29, 0.717) is 17.1 Å². The maximum atomic E-state index is 13.6. The Hall–Kier alpha value is -1.68. The highest BCUT2D eigenvalue weighted by atomic mass is 79.9. The van der Waals surface area contributed by atoms with Gasteiger partial charge in [-0.15, -0.1) is 0 Å². The van der Waals surface area contributed by atoms with Gasteiger partial charge in [-0.2, -0.15) is 0 Å². The molecule has 0 heterocycles. The average Bonchev–Trinajstić information content (AvgIpc) is 2.36. The molecule has 2 rings (SSSR count). The Kier molecular flexibility index (Phi) is 4.23. The van der Waals surface area contributed by atoms with E-state index in [4.69, 9.17) is 4.74 Å². The molecular formula is C16H14BrFO2. The summed E-state index contributed by atoms with van der Waals surface area (Å²) in [6.07, 6.45) is 0. The van der Waals surface area contributed by atoms with E-state index in [-0.39, 0.29) is 11.3 Å². The zero-order valence-corrected chi connectivity index (χ0v) is 13.0. The predicted molar refractivity (Wildman–Crippen MR) is 80.1 cm³/mol. The van der Waals surface area contributed by atoms with Crippen molar-refractivity contribution >= 4 is 21.7 Å². The molecule has 20 heavy (non-hydrogen) atoms. The molecule has 0 atom stereocenters. The van der Waals surface area contributed by atoms with Crippen LogP contribution in [-0.2, 0) is 0 Å². The zero-order chi connectivity index (χ0) is 14.9. The summed E-state index contributed by atoms with van der Waals surface area (Å²) in [7, 11) is 0. The van der Waals surface area contributed by atoms with E-state index in [0.717, 1.165) is 10.0 Å². The topological polar surface area (TPSA) is 26.3 Å². The summed E-state index contributed by atoms with van der Waals surface area (Å²) >= 11 is 3.38. The second kappa shape index (κ2) is 5.75. The summed E-state index contributed by atoms with van der Waals surface area (Å²) in [5.41, 5.74) is 1.62. The molecule has 104 valence electrons. The lowest BCUT2D eigenvalue weighted by atomic mass is 10.1. The highest BCUT2D eigenvalue weighted by molar-refractivity contribution is 9.10. The van der Waals surface area contributed by atoms with E-state index >= 15 is 0 Å². The van der Waals surface area contributed by atoms with Crippen LogP contribution in [0.15, 0.2) is 34.8 Å². The number of ether oxygens (including phenoxy) is 1. The maximum absolute atomic E-state index is 13.6. The standard InChI is InChI=1S/C16H14BrFO2/c1-9-7-16(13(11(3)19)8-14(9)18)20-15-5-4-12(17)6-10(15)2/h4-8H,1-3H3. The van der Waals surface area contributed by atoms with Crippen LogP contribution < -0.4 is 4.74 Å². The van der Waals surface area contributed by atoms with Gasteiger partial charge in [0.15, 0.2) is 5.78 Å². The van der Waals surface area contributed by atoms with Crippen molar-refractivity contribution in [1.29, 1.82) is 0 Å². The van der Waals surface area contributed by atoms with Crippen molar-refractivity contribution in [1.82, 2.24) is 0 Å². The lowest BCUT2D eigenvalue weighted by Crippen LogP contribution is -2.00. The van der Waals surface area contributed by atoms with Crippen molar-refractivity contribution in [3.05, 3.63) is 57.3 Å². The van der Waals surface area contributed by atoms with Gasteiger partial charge < -0.3 is 4.74 Å². The summed E-state index contributed by atoms with van der Waals surface area (Å²) in [6, 6.07) is 8.35. The first kappa shape index (κ1) is 14.7. The Morgan fingerprint density at radius 1 is 1.10 bits per heavy atom. The summed E-state index contributed by atoms with van der Waals surface area (Å²) in [6.45, 7) is 4.94. The van der Waals surface area contributed by atoms with Gasteiger partial charge in [-0.1, -0.05) is 15.9 Å². The number of Topliss-reactive ketones (excluding diaryl/α,β-unsaturated/α-hetero) is 1. The molecule has 0 N–H and O–H groups in total. The summed E-state index contributed by atoms with van der Waals surface area (Å²) in [5, 5.41) is 0. The molecule has 0 fully saturated rings. The lowest BCUT2D eigenvalue weighted by molar-refractivity contribution is 0.101. The number of halogens is 2. The zero-order valence-electron chi connectivity index (χ0n) is 11.5. The van der Waals surface area contributed by atoms with E-state index in [1.165, 1.54) is 13.0 Å². The fourth-order valence-electron chi connectivity index (χ4n) is 1.86. The molecule has 2 nitrogen and oxygen atoms in total. The third-order valence-electron chi connectivity index (χ3n) is 3.00. The number of benzene rings is 2. The Bertz CT molecular complexity index is 680. The largest absolute Gasteiger partial charge is 0.456 e. The quantitative estimate of drug-likeness (QED) is 0.720. The number of rotatable bonds is 3. The smallest absolute Gasteiger partial charge is 0.163 e. The van der Waals surface area contributed by atoms with Crippen LogP contribution in [0.4, 0.5) is 4.39 Å². The van der Waals surface area contributed by atoms with Crippen LogP contribution in [0.1, 0.15) is 28.4 Å². The first-order valence-corrected chi connectivity index (χ1v) is 6.93. The minimum atomic E-state index is -0.407. The van der Waals surface area contributed by atoms with Gasteiger partial charge in [0.25, 0.3) is 0 Å². The lowest BCUT2D eigenvalue weighted by Gasteiger charge is -2.13. The van der Waals surface area contributed by atoms with Crippen molar-refractivity contribution < 1.29 is 13.9 Å². The van der Waals surface area contributed by atoms with Crippen molar-refractivity contribution in [3.63, 3.8) is 0 Å². The van der Waals surface area contributed by atoms with Crippen molar-refractivity contribution in [2.24, 2.45) is 0 Å². The van der Waals surface area contributed by atoms with Gasteiger partial charge in [-0.3, -0.25) is 4.79 Å². The number of carbonyl (C=O) groups is 1. The number of carbonyl (C=O) groups excluding carboxylic acids is 1. The van der Waals surface area contributed by atoms with Crippen molar-refractivity contribution in [2.45, 2.75) is 20.8 Å². The maximum Gasteiger partial charge on any atom is 0.163 e. The minimum absolute atomic E-state index is 0.228. The van der Waals surface area contributed by atoms with E-state index in [2.05, 4.69) is 15.9 Å². The molecule has 0 amide bonds. The molecule has 2 aromatic rings. The number of aryl methyl sites for hydroxylation is 2. The Morgan fingerprint density at radius 3 is 2.40 bits per heavy atom. The molecule has 2 aromatic carbocycles. The van der Waals surface area contributed by atoms with Crippen LogP contribution >= 0.6 is 15.9 Å². The molecule has 0 spiro atoms. The average molecular weight is 337 g/mol. The van der Waals surface area contributed by atoms with Crippen LogP contribution in [0.25, 0.3) is 0 Å².